The van der Waals surface area contributed by atoms with Crippen LogP contribution < -0.4 is 14.8 Å². The molecule has 0 saturated carbocycles. The van der Waals surface area contributed by atoms with E-state index in [0.29, 0.717) is 42.0 Å². The fourth-order valence-corrected chi connectivity index (χ4v) is 6.31. The average molecular weight is 582 g/mol. The van der Waals surface area contributed by atoms with Gasteiger partial charge in [0.15, 0.2) is 5.78 Å². The second-order valence-electron chi connectivity index (χ2n) is 9.89. The number of hydrogen-bond donors (Lipinski definition) is 1. The van der Waals surface area contributed by atoms with Crippen molar-refractivity contribution in [2.24, 2.45) is 0 Å². The quantitative estimate of drug-likeness (QED) is 0.429. The molecular formula is C30H32BrNO6. The van der Waals surface area contributed by atoms with E-state index in [4.69, 9.17) is 18.9 Å². The smallest absolute Gasteiger partial charge is 0.336 e. The Hall–Kier alpha value is -3.10. The van der Waals surface area contributed by atoms with E-state index in [-0.39, 0.29) is 24.4 Å². The van der Waals surface area contributed by atoms with Crippen molar-refractivity contribution in [2.75, 3.05) is 27.4 Å². The third kappa shape index (κ3) is 5.12. The molecule has 1 N–H and O–H groups in total. The van der Waals surface area contributed by atoms with Crippen LogP contribution in [0.1, 0.15) is 55.6 Å². The first kappa shape index (κ1) is 26.5. The molecule has 1 fully saturated rings. The molecule has 2 aromatic rings. The second kappa shape index (κ2) is 11.3. The SMILES string of the molecule is COc1ccc([C@H]2C(C(=O)OC[C@@H]3CCCO3)=C(C)NC3=C2C(=O)C[C@H](c2ccccc2OC)C3)cc1Br. The maximum Gasteiger partial charge on any atom is 0.336 e. The molecule has 2 aromatic carbocycles. The molecular weight excluding hydrogens is 550 g/mol. The predicted molar refractivity (Wildman–Crippen MR) is 146 cm³/mol. The van der Waals surface area contributed by atoms with Gasteiger partial charge in [-0.15, -0.1) is 0 Å². The average Bonchev–Trinajstić information content (AvgIpc) is 3.44. The number of dihydropyridines is 1. The topological polar surface area (TPSA) is 83.1 Å². The number of carbonyl (C=O) groups excluding carboxylic acids is 2. The Morgan fingerprint density at radius 2 is 1.89 bits per heavy atom. The van der Waals surface area contributed by atoms with Crippen molar-refractivity contribution in [1.29, 1.82) is 0 Å². The van der Waals surface area contributed by atoms with Gasteiger partial charge in [0, 0.05) is 41.8 Å². The number of hydrogen-bond acceptors (Lipinski definition) is 7. The first-order valence-electron chi connectivity index (χ1n) is 12.9. The molecule has 0 aromatic heterocycles. The zero-order valence-electron chi connectivity index (χ0n) is 21.8. The Bertz CT molecular complexity index is 1310. The highest BCUT2D eigenvalue weighted by Crippen LogP contribution is 2.47. The second-order valence-corrected chi connectivity index (χ2v) is 10.7. The van der Waals surface area contributed by atoms with Gasteiger partial charge in [0.1, 0.15) is 18.1 Å². The number of benzene rings is 2. The molecule has 8 heteroatoms. The van der Waals surface area contributed by atoms with Crippen LogP contribution in [0.3, 0.4) is 0 Å². The van der Waals surface area contributed by atoms with Crippen LogP contribution in [0, 0.1) is 0 Å². The van der Waals surface area contributed by atoms with Gasteiger partial charge >= 0.3 is 5.97 Å². The summed E-state index contributed by atoms with van der Waals surface area (Å²) in [7, 11) is 3.25. The molecule has 1 saturated heterocycles. The summed E-state index contributed by atoms with van der Waals surface area (Å²) in [5.41, 5.74) is 4.41. The van der Waals surface area contributed by atoms with Gasteiger partial charge in [0.2, 0.25) is 0 Å². The Kier molecular flexibility index (Phi) is 7.91. The number of carbonyl (C=O) groups is 2. The van der Waals surface area contributed by atoms with E-state index in [1.165, 1.54) is 0 Å². The fourth-order valence-electron chi connectivity index (χ4n) is 5.75. The highest BCUT2D eigenvalue weighted by Gasteiger charge is 2.42. The van der Waals surface area contributed by atoms with Gasteiger partial charge in [-0.25, -0.2) is 4.79 Å². The first-order chi connectivity index (χ1) is 18.4. The third-order valence-electron chi connectivity index (χ3n) is 7.56. The van der Waals surface area contributed by atoms with Crippen molar-refractivity contribution >= 4 is 27.7 Å². The van der Waals surface area contributed by atoms with Crippen molar-refractivity contribution in [3.63, 3.8) is 0 Å². The molecule has 200 valence electrons. The highest BCUT2D eigenvalue weighted by atomic mass is 79.9. The van der Waals surface area contributed by atoms with Crippen LogP contribution in [0.5, 0.6) is 11.5 Å². The van der Waals surface area contributed by atoms with Gasteiger partial charge in [0.25, 0.3) is 0 Å². The van der Waals surface area contributed by atoms with E-state index in [0.717, 1.165) is 39.9 Å². The minimum atomic E-state index is -0.559. The van der Waals surface area contributed by atoms with Gasteiger partial charge in [-0.1, -0.05) is 24.3 Å². The van der Waals surface area contributed by atoms with E-state index in [9.17, 15) is 9.59 Å². The Labute approximate surface area is 231 Å². The third-order valence-corrected chi connectivity index (χ3v) is 8.18. The van der Waals surface area contributed by atoms with Crippen LogP contribution in [-0.2, 0) is 19.1 Å². The number of para-hydroxylation sites is 1. The minimum absolute atomic E-state index is 0.00326. The van der Waals surface area contributed by atoms with Crippen molar-refractivity contribution in [1.82, 2.24) is 5.32 Å². The van der Waals surface area contributed by atoms with Crippen LogP contribution in [0.15, 0.2) is 69.5 Å². The van der Waals surface area contributed by atoms with Crippen LogP contribution in [0.25, 0.3) is 0 Å². The lowest BCUT2D eigenvalue weighted by atomic mass is 9.71. The van der Waals surface area contributed by atoms with Crippen LogP contribution in [0.4, 0.5) is 0 Å². The van der Waals surface area contributed by atoms with E-state index in [2.05, 4.69) is 21.2 Å². The summed E-state index contributed by atoms with van der Waals surface area (Å²) in [4.78, 5) is 27.4. The molecule has 0 unspecified atom stereocenters. The van der Waals surface area contributed by atoms with Crippen molar-refractivity contribution in [3.8, 4) is 11.5 Å². The summed E-state index contributed by atoms with van der Waals surface area (Å²) in [6.07, 6.45) is 2.71. The van der Waals surface area contributed by atoms with E-state index < -0.39 is 11.9 Å². The molecule has 0 spiro atoms. The number of esters is 1. The number of halogens is 1. The van der Waals surface area contributed by atoms with Gasteiger partial charge in [-0.05, 0) is 71.4 Å². The monoisotopic (exact) mass is 581 g/mol. The lowest BCUT2D eigenvalue weighted by Crippen LogP contribution is -2.36. The summed E-state index contributed by atoms with van der Waals surface area (Å²) in [6.45, 7) is 2.76. The lowest BCUT2D eigenvalue weighted by Gasteiger charge is -2.37. The summed E-state index contributed by atoms with van der Waals surface area (Å²) in [5, 5.41) is 3.41. The fraction of sp³-hybridized carbons (Fsp3) is 0.400. The Morgan fingerprint density at radius 3 is 2.61 bits per heavy atom. The minimum Gasteiger partial charge on any atom is -0.496 e. The largest absolute Gasteiger partial charge is 0.496 e. The molecule has 2 heterocycles. The molecule has 0 bridgehead atoms. The highest BCUT2D eigenvalue weighted by molar-refractivity contribution is 9.10. The van der Waals surface area contributed by atoms with Crippen LogP contribution >= 0.6 is 15.9 Å². The van der Waals surface area contributed by atoms with E-state index in [1.54, 1.807) is 14.2 Å². The zero-order valence-corrected chi connectivity index (χ0v) is 23.4. The summed E-state index contributed by atoms with van der Waals surface area (Å²) >= 11 is 3.58. The molecule has 5 rings (SSSR count). The Morgan fingerprint density at radius 1 is 1.11 bits per heavy atom. The molecule has 0 amide bonds. The number of allylic oxidation sites excluding steroid dienone is 3. The van der Waals surface area contributed by atoms with Crippen molar-refractivity contribution < 1.29 is 28.5 Å². The van der Waals surface area contributed by atoms with Gasteiger partial charge in [-0.3, -0.25) is 4.79 Å². The maximum atomic E-state index is 13.9. The molecule has 7 nitrogen and oxygen atoms in total. The normalized spacial score (nSPS) is 23.2. The number of rotatable bonds is 7. The Balaban J connectivity index is 1.53. The molecule has 2 aliphatic heterocycles. The van der Waals surface area contributed by atoms with Gasteiger partial charge < -0.3 is 24.3 Å². The molecule has 38 heavy (non-hydrogen) atoms. The molecule has 1 aliphatic carbocycles. The standard InChI is InChI=1S/C30H32BrNO6/c1-17-27(30(34)38-16-20-7-6-12-37-20)28(18-10-11-26(36-3)22(31)13-18)29-23(32-17)14-19(15-24(29)33)21-8-4-5-9-25(21)35-2/h4-5,8-11,13,19-20,28,32H,6-7,12,14-16H2,1-3H3/t19-,20+,28+/m1/s1. The van der Waals surface area contributed by atoms with Crippen molar-refractivity contribution in [2.45, 2.75) is 50.5 Å². The molecule has 0 radical (unpaired) electrons. The molecule has 3 atom stereocenters. The lowest BCUT2D eigenvalue weighted by molar-refractivity contribution is -0.142. The van der Waals surface area contributed by atoms with Crippen molar-refractivity contribution in [3.05, 3.63) is 80.6 Å². The van der Waals surface area contributed by atoms with Gasteiger partial charge in [0.05, 0.1) is 30.4 Å². The van der Waals surface area contributed by atoms with Crippen LogP contribution in [0.2, 0.25) is 0 Å². The number of ether oxygens (including phenoxy) is 4. The van der Waals surface area contributed by atoms with Gasteiger partial charge in [-0.2, -0.15) is 0 Å². The van der Waals surface area contributed by atoms with E-state index >= 15 is 0 Å². The number of ketones is 1. The predicted octanol–water partition coefficient (Wildman–Crippen LogP) is 5.55. The number of Topliss-reactive ketones (excluding diaryl/α,β-unsaturated/α-hetero) is 1. The summed E-state index contributed by atoms with van der Waals surface area (Å²) in [6, 6.07) is 13.5. The summed E-state index contributed by atoms with van der Waals surface area (Å²) < 4.78 is 23.2. The number of nitrogens with one attached hydrogen (secondary N) is 1. The maximum absolute atomic E-state index is 13.9. The van der Waals surface area contributed by atoms with Crippen LogP contribution in [-0.4, -0.2) is 45.3 Å². The number of methoxy groups -OCH3 is 2. The van der Waals surface area contributed by atoms with E-state index in [1.807, 2.05) is 49.4 Å². The zero-order chi connectivity index (χ0) is 26.8. The molecule has 3 aliphatic rings. The first-order valence-corrected chi connectivity index (χ1v) is 13.7. The summed E-state index contributed by atoms with van der Waals surface area (Å²) in [5.74, 6) is 0.417.